The highest BCUT2D eigenvalue weighted by atomic mass is 32.2. The third-order valence-electron chi connectivity index (χ3n) is 3.65. The average Bonchev–Trinajstić information content (AvgIpc) is 2.74. The highest BCUT2D eigenvalue weighted by molar-refractivity contribution is 7.92. The Labute approximate surface area is 119 Å². The summed E-state index contributed by atoms with van der Waals surface area (Å²) in [6, 6.07) is 0. The second-order valence-electron chi connectivity index (χ2n) is 5.89. The Hall–Kier alpha value is -0.690. The molecule has 1 fully saturated rings. The highest BCUT2D eigenvalue weighted by Gasteiger charge is 2.37. The molecule has 2 rings (SSSR count). The van der Waals surface area contributed by atoms with Gasteiger partial charge < -0.3 is 4.90 Å². The van der Waals surface area contributed by atoms with E-state index in [2.05, 4.69) is 28.9 Å². The molecule has 0 atom stereocenters. The minimum Gasteiger partial charge on any atom is -0.346 e. The minimum absolute atomic E-state index is 0.191. The summed E-state index contributed by atoms with van der Waals surface area (Å²) in [5, 5.41) is 10.2. The maximum absolute atomic E-state index is 12.2. The molecule has 0 amide bonds. The lowest BCUT2D eigenvalue weighted by atomic mass is 10.1. The van der Waals surface area contributed by atoms with E-state index in [1.54, 1.807) is 11.3 Å². The molecular formula is C12H21N3O2S2. The third kappa shape index (κ3) is 2.91. The van der Waals surface area contributed by atoms with Gasteiger partial charge in [-0.25, -0.2) is 8.42 Å². The minimum atomic E-state index is -3.03. The van der Waals surface area contributed by atoms with Crippen molar-refractivity contribution >= 4 is 26.3 Å². The summed E-state index contributed by atoms with van der Waals surface area (Å²) in [4.78, 5) is 2.05. The molecule has 0 aromatic carbocycles. The summed E-state index contributed by atoms with van der Waals surface area (Å²) in [7, 11) is -3.03. The van der Waals surface area contributed by atoms with Gasteiger partial charge in [-0.1, -0.05) is 25.2 Å². The summed E-state index contributed by atoms with van der Waals surface area (Å²) in [5.41, 5.74) is 0. The normalized spacial score (nSPS) is 22.5. The van der Waals surface area contributed by atoms with Crippen LogP contribution in [0.3, 0.4) is 0 Å². The number of hydrogen-bond donors (Lipinski definition) is 0. The van der Waals surface area contributed by atoms with Crippen LogP contribution < -0.4 is 4.90 Å². The van der Waals surface area contributed by atoms with Crippen LogP contribution in [0, 0.1) is 0 Å². The molecule has 1 aromatic heterocycles. The van der Waals surface area contributed by atoms with Gasteiger partial charge in [0.25, 0.3) is 0 Å². The maximum Gasteiger partial charge on any atom is 0.208 e. The summed E-state index contributed by atoms with van der Waals surface area (Å²) >= 11 is 1.57. The Morgan fingerprint density at radius 3 is 2.53 bits per heavy atom. The van der Waals surface area contributed by atoms with Gasteiger partial charge in [-0.2, -0.15) is 0 Å². The molecule has 0 bridgehead atoms. The molecule has 108 valence electrons. The monoisotopic (exact) mass is 303 g/mol. The van der Waals surface area contributed by atoms with Crippen molar-refractivity contribution in [1.29, 1.82) is 0 Å². The van der Waals surface area contributed by atoms with E-state index in [0.717, 1.165) is 16.7 Å². The topological polar surface area (TPSA) is 63.2 Å². The maximum atomic E-state index is 12.2. The molecule has 1 aromatic rings. The van der Waals surface area contributed by atoms with Gasteiger partial charge in [0.1, 0.15) is 5.01 Å². The van der Waals surface area contributed by atoms with Crippen LogP contribution in [0.1, 0.15) is 45.0 Å². The summed E-state index contributed by atoms with van der Waals surface area (Å²) in [5.74, 6) is 0.551. The molecule has 7 heteroatoms. The number of rotatable bonds is 2. The van der Waals surface area contributed by atoms with Gasteiger partial charge in [-0.15, -0.1) is 10.2 Å². The summed E-state index contributed by atoms with van der Waals surface area (Å²) in [6.45, 7) is 9.02. The lowest BCUT2D eigenvalue weighted by Gasteiger charge is -2.22. The summed E-state index contributed by atoms with van der Waals surface area (Å²) in [6.07, 6.45) is 0.631. The Morgan fingerprint density at radius 2 is 1.95 bits per heavy atom. The zero-order chi connectivity index (χ0) is 14.3. The van der Waals surface area contributed by atoms with E-state index in [-0.39, 0.29) is 5.75 Å². The lowest BCUT2D eigenvalue weighted by Crippen LogP contribution is -2.33. The van der Waals surface area contributed by atoms with Gasteiger partial charge in [0, 0.05) is 19.0 Å². The van der Waals surface area contributed by atoms with E-state index in [1.807, 2.05) is 13.8 Å². The Kier molecular flexibility index (Phi) is 3.88. The molecular weight excluding hydrogens is 282 g/mol. The fourth-order valence-electron chi connectivity index (χ4n) is 1.96. The third-order valence-corrected chi connectivity index (χ3v) is 7.54. The number of hydrogen-bond acceptors (Lipinski definition) is 6. The predicted octanol–water partition coefficient (Wildman–Crippen LogP) is 2.06. The van der Waals surface area contributed by atoms with Crippen LogP contribution in [0.4, 0.5) is 5.13 Å². The van der Waals surface area contributed by atoms with Crippen molar-refractivity contribution in [3.05, 3.63) is 5.01 Å². The first kappa shape index (κ1) is 14.7. The fraction of sp³-hybridized carbons (Fsp3) is 0.833. The van der Waals surface area contributed by atoms with E-state index in [0.29, 0.717) is 18.9 Å². The number of anilines is 1. The van der Waals surface area contributed by atoms with E-state index in [9.17, 15) is 8.42 Å². The van der Waals surface area contributed by atoms with Gasteiger partial charge in [-0.05, 0) is 20.3 Å². The van der Waals surface area contributed by atoms with Gasteiger partial charge in [-0.3, -0.25) is 0 Å². The number of aromatic nitrogens is 2. The van der Waals surface area contributed by atoms with Crippen LogP contribution in [0.5, 0.6) is 0 Å². The highest BCUT2D eigenvalue weighted by Crippen LogP contribution is 2.30. The van der Waals surface area contributed by atoms with Crippen molar-refractivity contribution in [3.63, 3.8) is 0 Å². The first-order valence-electron chi connectivity index (χ1n) is 6.53. The SMILES string of the molecule is CC(C)c1nnc(N2CCC(C)(C)S(=O)(=O)CC2)s1. The van der Waals surface area contributed by atoms with Crippen molar-refractivity contribution in [2.75, 3.05) is 23.7 Å². The van der Waals surface area contributed by atoms with E-state index in [1.165, 1.54) is 0 Å². The number of sulfone groups is 1. The van der Waals surface area contributed by atoms with Crippen LogP contribution in [-0.2, 0) is 9.84 Å². The van der Waals surface area contributed by atoms with Gasteiger partial charge >= 0.3 is 0 Å². The van der Waals surface area contributed by atoms with Crippen LogP contribution in [0.2, 0.25) is 0 Å². The van der Waals surface area contributed by atoms with Gasteiger partial charge in [0.2, 0.25) is 5.13 Å². The molecule has 19 heavy (non-hydrogen) atoms. The smallest absolute Gasteiger partial charge is 0.208 e. The molecule has 2 heterocycles. The zero-order valence-electron chi connectivity index (χ0n) is 11.9. The van der Waals surface area contributed by atoms with Crippen LogP contribution in [-0.4, -0.2) is 42.2 Å². The van der Waals surface area contributed by atoms with Crippen molar-refractivity contribution < 1.29 is 8.42 Å². The van der Waals surface area contributed by atoms with E-state index >= 15 is 0 Å². The Bertz CT molecular complexity index is 549. The van der Waals surface area contributed by atoms with Gasteiger partial charge in [0.05, 0.1) is 10.5 Å². The standard InChI is InChI=1S/C12H21N3O2S2/c1-9(2)10-13-14-11(18-10)15-6-5-12(3,4)19(16,17)8-7-15/h9H,5-8H2,1-4H3. The quantitative estimate of drug-likeness (QED) is 0.837. The number of nitrogens with zero attached hydrogens (tertiary/aromatic N) is 3. The Balaban J connectivity index is 2.19. The predicted molar refractivity (Wildman–Crippen MR) is 78.7 cm³/mol. The molecule has 1 aliphatic rings. The van der Waals surface area contributed by atoms with Crippen molar-refractivity contribution in [2.45, 2.75) is 44.8 Å². The Morgan fingerprint density at radius 1 is 1.26 bits per heavy atom. The van der Waals surface area contributed by atoms with Gasteiger partial charge in [0.15, 0.2) is 9.84 Å². The molecule has 0 N–H and O–H groups in total. The molecule has 1 aliphatic heterocycles. The first-order chi connectivity index (χ1) is 8.73. The van der Waals surface area contributed by atoms with Crippen LogP contribution >= 0.6 is 11.3 Å². The van der Waals surface area contributed by atoms with Crippen LogP contribution in [0.25, 0.3) is 0 Å². The molecule has 0 spiro atoms. The average molecular weight is 303 g/mol. The zero-order valence-corrected chi connectivity index (χ0v) is 13.5. The fourth-order valence-corrected chi connectivity index (χ4v) is 4.27. The second kappa shape index (κ2) is 5.01. The lowest BCUT2D eigenvalue weighted by molar-refractivity contribution is 0.538. The van der Waals surface area contributed by atoms with E-state index in [4.69, 9.17) is 0 Å². The van der Waals surface area contributed by atoms with Crippen LogP contribution in [0.15, 0.2) is 0 Å². The molecule has 0 saturated carbocycles. The summed E-state index contributed by atoms with van der Waals surface area (Å²) < 4.78 is 23.7. The van der Waals surface area contributed by atoms with Crippen molar-refractivity contribution in [3.8, 4) is 0 Å². The molecule has 0 unspecified atom stereocenters. The molecule has 0 radical (unpaired) electrons. The molecule has 0 aliphatic carbocycles. The van der Waals surface area contributed by atoms with E-state index < -0.39 is 14.6 Å². The second-order valence-corrected chi connectivity index (χ2v) is 9.62. The van der Waals surface area contributed by atoms with Crippen molar-refractivity contribution in [2.24, 2.45) is 0 Å². The first-order valence-corrected chi connectivity index (χ1v) is 9.00. The molecule has 1 saturated heterocycles. The van der Waals surface area contributed by atoms with Crippen molar-refractivity contribution in [1.82, 2.24) is 10.2 Å². The molecule has 5 nitrogen and oxygen atoms in total. The largest absolute Gasteiger partial charge is 0.346 e.